The van der Waals surface area contributed by atoms with E-state index in [4.69, 9.17) is 10.4 Å². The van der Waals surface area contributed by atoms with Crippen LogP contribution in [0.3, 0.4) is 0 Å². The van der Waals surface area contributed by atoms with E-state index < -0.39 is 13.9 Å². The van der Waals surface area contributed by atoms with Crippen LogP contribution in [0.2, 0.25) is 0 Å². The van der Waals surface area contributed by atoms with E-state index in [9.17, 15) is 9.36 Å². The van der Waals surface area contributed by atoms with E-state index in [0.29, 0.717) is 12.0 Å². The number of carbonyl (C=O) groups is 1. The fraction of sp³-hybridized carbons (Fsp3) is 0.643. The summed E-state index contributed by atoms with van der Waals surface area (Å²) in [6, 6.07) is 0. The minimum Gasteiger partial charge on any atom is -0.292 e. The second-order valence-electron chi connectivity index (χ2n) is 6.04. The van der Waals surface area contributed by atoms with Crippen molar-refractivity contribution in [3.05, 3.63) is 22.8 Å². The van der Waals surface area contributed by atoms with E-state index in [0.717, 1.165) is 18.3 Å². The maximum absolute atomic E-state index is 12.4. The second-order valence-corrected chi connectivity index (χ2v) is 7.72. The van der Waals surface area contributed by atoms with Gasteiger partial charge < -0.3 is 0 Å². The van der Waals surface area contributed by atoms with Gasteiger partial charge in [-0.3, -0.25) is 13.8 Å². The summed E-state index contributed by atoms with van der Waals surface area (Å²) >= 11 is 0. The molecule has 0 aromatic rings. The highest BCUT2D eigenvalue weighted by Gasteiger charge is 2.42. The van der Waals surface area contributed by atoms with Crippen molar-refractivity contribution in [1.29, 1.82) is 0 Å². The van der Waals surface area contributed by atoms with Crippen molar-refractivity contribution in [2.24, 2.45) is 11.3 Å². The van der Waals surface area contributed by atoms with Gasteiger partial charge in [0.1, 0.15) is 6.10 Å². The molecule has 2 unspecified atom stereocenters. The number of nitrogens with two attached hydrogens (primary N) is 1. The fourth-order valence-corrected chi connectivity index (χ4v) is 3.20. The molecule has 0 radical (unpaired) electrons. The van der Waals surface area contributed by atoms with E-state index in [2.05, 4.69) is 9.15 Å². The molecule has 6 nitrogen and oxygen atoms in total. The van der Waals surface area contributed by atoms with Gasteiger partial charge >= 0.3 is 7.82 Å². The minimum absolute atomic E-state index is 0.226. The van der Waals surface area contributed by atoms with Crippen LogP contribution in [-0.4, -0.2) is 19.0 Å². The normalized spacial score (nSPS) is 24.7. The third-order valence-corrected chi connectivity index (χ3v) is 4.75. The largest absolute Gasteiger partial charge is 0.491 e. The smallest absolute Gasteiger partial charge is 0.292 e. The molecule has 0 spiro atoms. The zero-order valence-corrected chi connectivity index (χ0v) is 14.3. The monoisotopic (exact) mass is 317 g/mol. The molecule has 7 heteroatoms. The summed E-state index contributed by atoms with van der Waals surface area (Å²) in [6.45, 7) is 9.72. The van der Waals surface area contributed by atoms with Crippen molar-refractivity contribution in [3.8, 4) is 0 Å². The average Bonchev–Trinajstić information content (AvgIpc) is 2.40. The molecule has 0 heterocycles. The van der Waals surface area contributed by atoms with Gasteiger partial charge in [0.05, 0.1) is 0 Å². The molecule has 21 heavy (non-hydrogen) atoms. The number of hydrogen-bond acceptors (Lipinski definition) is 6. The molecule has 0 aromatic carbocycles. The summed E-state index contributed by atoms with van der Waals surface area (Å²) in [6.07, 6.45) is 1.47. The molecular weight excluding hydrogens is 293 g/mol. The Labute approximate surface area is 125 Å². The van der Waals surface area contributed by atoms with Crippen LogP contribution in [0.5, 0.6) is 0 Å². The first kappa shape index (κ1) is 18.3. The molecule has 0 saturated heterocycles. The SMILES string of the molecule is COP(=O)(ON)OC1CC(C)(C)C(C=C(C)C)=C(C)C1=O. The van der Waals surface area contributed by atoms with Crippen LogP contribution >= 0.6 is 7.82 Å². The third-order valence-electron chi connectivity index (χ3n) is 3.53. The number of hydrogen-bond donors (Lipinski definition) is 1. The molecule has 2 N–H and O–H groups in total. The number of rotatable bonds is 5. The van der Waals surface area contributed by atoms with E-state index in [1.54, 1.807) is 6.92 Å². The standard InChI is InChI=1S/C14H24NO5P/c1-9(2)7-11-10(3)13(16)12(8-14(11,4)5)19-21(17,18-6)20-15/h7,12H,8,15H2,1-6H3. The Morgan fingerprint density at radius 1 is 1.43 bits per heavy atom. The van der Waals surface area contributed by atoms with Crippen LogP contribution < -0.4 is 5.90 Å². The van der Waals surface area contributed by atoms with Gasteiger partial charge in [0.2, 0.25) is 0 Å². The van der Waals surface area contributed by atoms with Gasteiger partial charge in [-0.25, -0.2) is 15.1 Å². The minimum atomic E-state index is -3.90. The van der Waals surface area contributed by atoms with Crippen molar-refractivity contribution in [1.82, 2.24) is 0 Å². The van der Waals surface area contributed by atoms with Crippen molar-refractivity contribution in [2.45, 2.75) is 47.1 Å². The molecule has 0 saturated carbocycles. The average molecular weight is 317 g/mol. The van der Waals surface area contributed by atoms with Gasteiger partial charge in [-0.05, 0) is 43.8 Å². The first-order valence-corrected chi connectivity index (χ1v) is 8.15. The zero-order valence-electron chi connectivity index (χ0n) is 13.4. The molecule has 1 rings (SSSR count). The van der Waals surface area contributed by atoms with Crippen molar-refractivity contribution in [2.75, 3.05) is 7.11 Å². The zero-order chi connectivity index (χ0) is 16.4. The van der Waals surface area contributed by atoms with Crippen molar-refractivity contribution >= 4 is 13.6 Å². The van der Waals surface area contributed by atoms with Gasteiger partial charge in [-0.1, -0.05) is 25.5 Å². The highest BCUT2D eigenvalue weighted by molar-refractivity contribution is 7.48. The summed E-state index contributed by atoms with van der Waals surface area (Å²) in [5, 5.41) is 0. The first-order chi connectivity index (χ1) is 9.56. The maximum Gasteiger partial charge on any atom is 0.491 e. The van der Waals surface area contributed by atoms with E-state index in [1.165, 1.54) is 0 Å². The fourth-order valence-electron chi connectivity index (χ4n) is 2.49. The molecule has 0 bridgehead atoms. The Hall–Kier alpha value is -0.780. The lowest BCUT2D eigenvalue weighted by molar-refractivity contribution is -0.125. The molecular formula is C14H24NO5P. The van der Waals surface area contributed by atoms with Crippen LogP contribution in [0.15, 0.2) is 22.8 Å². The van der Waals surface area contributed by atoms with Gasteiger partial charge in [0, 0.05) is 7.11 Å². The first-order valence-electron chi connectivity index (χ1n) is 6.69. The van der Waals surface area contributed by atoms with Crippen LogP contribution in [0, 0.1) is 5.41 Å². The van der Waals surface area contributed by atoms with Crippen LogP contribution in [0.25, 0.3) is 0 Å². The molecule has 2 atom stereocenters. The van der Waals surface area contributed by atoms with Gasteiger partial charge in [0.15, 0.2) is 5.78 Å². The number of phosphoric ester groups is 1. The van der Waals surface area contributed by atoms with Crippen molar-refractivity contribution in [3.63, 3.8) is 0 Å². The van der Waals surface area contributed by atoms with E-state index in [-0.39, 0.29) is 11.2 Å². The molecule has 0 aromatic heterocycles. The summed E-state index contributed by atoms with van der Waals surface area (Å²) in [5.74, 6) is 4.70. The Balaban J connectivity index is 3.18. The number of allylic oxidation sites excluding steroid dienone is 3. The molecule has 1 aliphatic rings. The van der Waals surface area contributed by atoms with Crippen molar-refractivity contribution < 1.29 is 23.0 Å². The Bertz CT molecular complexity index is 523. The topological polar surface area (TPSA) is 87.8 Å². The van der Waals surface area contributed by atoms with Crippen LogP contribution in [0.1, 0.15) is 41.0 Å². The van der Waals surface area contributed by atoms with Gasteiger partial charge in [0.25, 0.3) is 0 Å². The predicted octanol–water partition coefficient (Wildman–Crippen LogP) is 3.30. The van der Waals surface area contributed by atoms with E-state index >= 15 is 0 Å². The molecule has 120 valence electrons. The van der Waals surface area contributed by atoms with E-state index in [1.807, 2.05) is 33.8 Å². The lowest BCUT2D eigenvalue weighted by atomic mass is 9.70. The molecule has 0 fully saturated rings. The molecule has 0 aliphatic heterocycles. The number of ketones is 1. The number of carbonyl (C=O) groups excluding carboxylic acids is 1. The third kappa shape index (κ3) is 4.11. The highest BCUT2D eigenvalue weighted by Crippen LogP contribution is 2.51. The Morgan fingerprint density at radius 2 is 2.00 bits per heavy atom. The van der Waals surface area contributed by atoms with Gasteiger partial charge in [-0.15, -0.1) is 0 Å². The number of Topliss-reactive ketones (excluding diaryl/α,β-unsaturated/α-hetero) is 1. The number of phosphoric acid groups is 1. The van der Waals surface area contributed by atoms with Crippen LogP contribution in [-0.2, 0) is 23.0 Å². The highest BCUT2D eigenvalue weighted by atomic mass is 31.2. The predicted molar refractivity (Wildman–Crippen MR) is 80.3 cm³/mol. The molecule has 1 aliphatic carbocycles. The van der Waals surface area contributed by atoms with Crippen LogP contribution in [0.4, 0.5) is 0 Å². The summed E-state index contributed by atoms with van der Waals surface area (Å²) in [4.78, 5) is 12.4. The molecule has 0 amide bonds. The second kappa shape index (κ2) is 6.55. The quantitative estimate of drug-likeness (QED) is 0.618. The summed E-state index contributed by atoms with van der Waals surface area (Å²) in [5.41, 5.74) is 2.37. The summed E-state index contributed by atoms with van der Waals surface area (Å²) in [7, 11) is -2.74. The lowest BCUT2D eigenvalue weighted by Gasteiger charge is -2.37. The Morgan fingerprint density at radius 3 is 2.43 bits per heavy atom. The lowest BCUT2D eigenvalue weighted by Crippen LogP contribution is -2.37. The maximum atomic E-state index is 12.4. The van der Waals surface area contributed by atoms with Gasteiger partial charge in [-0.2, -0.15) is 0 Å². The Kier molecular flexibility index (Phi) is 5.69. The summed E-state index contributed by atoms with van der Waals surface area (Å²) < 4.78 is 26.1.